The molecule has 0 rings (SSSR count). The van der Waals surface area contributed by atoms with Gasteiger partial charge in [-0.3, -0.25) is 0 Å². The van der Waals surface area contributed by atoms with Gasteiger partial charge in [-0.2, -0.15) is 0 Å². The van der Waals surface area contributed by atoms with Gasteiger partial charge in [-0.15, -0.1) is 0 Å². The summed E-state index contributed by atoms with van der Waals surface area (Å²) >= 11 is 0. The molecular weight excluding hydrogens is 280 g/mol. The van der Waals surface area contributed by atoms with Crippen molar-refractivity contribution in [2.24, 2.45) is 0 Å². The molecule has 0 aliphatic heterocycles. The maximum absolute atomic E-state index is 10.6. The van der Waals surface area contributed by atoms with Crippen LogP contribution in [0.15, 0.2) is 24.8 Å². The van der Waals surface area contributed by atoms with E-state index >= 15 is 0 Å². The van der Waals surface area contributed by atoms with Crippen molar-refractivity contribution < 1.29 is 19.4 Å². The van der Waals surface area contributed by atoms with Crippen molar-refractivity contribution in [3.63, 3.8) is 0 Å². The summed E-state index contributed by atoms with van der Waals surface area (Å²) in [5.41, 5.74) is 0.334. The Kier molecular flexibility index (Phi) is 16.3. The molecule has 0 aromatic rings. The molecule has 0 saturated heterocycles. The second-order valence-corrected chi connectivity index (χ2v) is 5.31. The first-order chi connectivity index (χ1) is 10.4. The molecule has 0 saturated carbocycles. The quantitative estimate of drug-likeness (QED) is 0.335. The summed E-state index contributed by atoms with van der Waals surface area (Å²) in [6, 6.07) is 0. The number of rotatable bonds is 11. The summed E-state index contributed by atoms with van der Waals surface area (Å²) in [7, 11) is 0. The maximum Gasteiger partial charge on any atom is 0.330 e. The number of hydrogen-bond acceptors (Lipinski definition) is 3. The topological polar surface area (TPSA) is 63.6 Å². The number of carbonyl (C=O) groups is 2. The summed E-state index contributed by atoms with van der Waals surface area (Å²) in [6.45, 7) is 12.9. The van der Waals surface area contributed by atoms with E-state index in [4.69, 9.17) is 9.84 Å². The van der Waals surface area contributed by atoms with Crippen LogP contribution in [-0.2, 0) is 14.3 Å². The van der Waals surface area contributed by atoms with Crippen LogP contribution in [0, 0.1) is 0 Å². The largest absolute Gasteiger partial charge is 0.478 e. The Hall–Kier alpha value is -1.58. The Morgan fingerprint density at radius 1 is 1.14 bits per heavy atom. The number of unbranched alkanes of at least 4 members (excludes halogenated alkanes) is 4. The van der Waals surface area contributed by atoms with Crippen molar-refractivity contribution in [1.82, 2.24) is 0 Å². The monoisotopic (exact) mass is 312 g/mol. The third kappa shape index (κ3) is 16.5. The lowest BCUT2D eigenvalue weighted by molar-refractivity contribution is -0.142. The molecule has 0 aliphatic rings. The minimum Gasteiger partial charge on any atom is -0.478 e. The molecule has 4 nitrogen and oxygen atoms in total. The molecule has 1 atom stereocenters. The highest BCUT2D eigenvalue weighted by Gasteiger charge is 2.04. The first-order valence-corrected chi connectivity index (χ1v) is 8.13. The molecular formula is C18H32O4. The fourth-order valence-electron chi connectivity index (χ4n) is 1.67. The Bertz CT molecular complexity index is 334. The van der Waals surface area contributed by atoms with E-state index in [1.54, 1.807) is 0 Å². The zero-order valence-electron chi connectivity index (χ0n) is 14.4. The molecule has 1 unspecified atom stereocenters. The maximum atomic E-state index is 10.6. The minimum absolute atomic E-state index is 0.0282. The van der Waals surface area contributed by atoms with Gasteiger partial charge in [-0.1, -0.05) is 59.1 Å². The van der Waals surface area contributed by atoms with E-state index in [1.807, 2.05) is 6.92 Å². The van der Waals surface area contributed by atoms with Gasteiger partial charge in [0, 0.05) is 11.6 Å². The molecule has 0 bridgehead atoms. The van der Waals surface area contributed by atoms with Crippen LogP contribution in [0.1, 0.15) is 72.1 Å². The van der Waals surface area contributed by atoms with Crippen LogP contribution in [0.2, 0.25) is 0 Å². The lowest BCUT2D eigenvalue weighted by Crippen LogP contribution is -2.12. The molecule has 0 spiro atoms. The smallest absolute Gasteiger partial charge is 0.330 e. The predicted octanol–water partition coefficient (Wildman–Crippen LogP) is 4.89. The highest BCUT2D eigenvalue weighted by molar-refractivity contribution is 5.85. The second kappa shape index (κ2) is 15.8. The molecule has 0 radical (unpaired) electrons. The van der Waals surface area contributed by atoms with Crippen molar-refractivity contribution in [2.45, 2.75) is 78.2 Å². The van der Waals surface area contributed by atoms with E-state index in [9.17, 15) is 9.59 Å². The summed E-state index contributed by atoms with van der Waals surface area (Å²) in [6.07, 6.45) is 9.48. The van der Waals surface area contributed by atoms with E-state index in [0.29, 0.717) is 12.0 Å². The molecule has 128 valence electrons. The molecule has 4 heteroatoms. The number of ether oxygens (including phenoxy) is 1. The van der Waals surface area contributed by atoms with E-state index < -0.39 is 5.97 Å². The predicted molar refractivity (Wildman–Crippen MR) is 90.8 cm³/mol. The second-order valence-electron chi connectivity index (χ2n) is 5.31. The van der Waals surface area contributed by atoms with Gasteiger partial charge in [0.05, 0.1) is 6.10 Å². The molecule has 0 fully saturated rings. The normalized spacial score (nSPS) is 10.9. The summed E-state index contributed by atoms with van der Waals surface area (Å²) < 4.78 is 4.94. The highest BCUT2D eigenvalue weighted by Crippen LogP contribution is 2.08. The molecule has 0 heterocycles. The van der Waals surface area contributed by atoms with E-state index in [2.05, 4.69) is 27.0 Å². The van der Waals surface area contributed by atoms with Gasteiger partial charge in [-0.05, 0) is 26.2 Å². The molecule has 0 aromatic heterocycles. The molecule has 22 heavy (non-hydrogen) atoms. The van der Waals surface area contributed by atoms with Crippen molar-refractivity contribution in [1.29, 1.82) is 0 Å². The van der Waals surface area contributed by atoms with Crippen LogP contribution in [0.4, 0.5) is 0 Å². The van der Waals surface area contributed by atoms with E-state index in [1.165, 1.54) is 18.9 Å². The standard InChI is InChI=1S/2C9H16O2/c1-4-6-7-8(3)11-9(10)5-2;1-3-4-5-6-7-8(2)9(10)11/h5,8H,2,4,6-7H2,1,3H3;2-7H2,1H3,(H,10,11). The van der Waals surface area contributed by atoms with Crippen LogP contribution < -0.4 is 0 Å². The number of carboxylic acids is 1. The molecule has 0 aromatic carbocycles. The van der Waals surface area contributed by atoms with Gasteiger partial charge >= 0.3 is 11.9 Å². The van der Waals surface area contributed by atoms with Gasteiger partial charge in [0.2, 0.25) is 0 Å². The van der Waals surface area contributed by atoms with Gasteiger partial charge in [0.1, 0.15) is 0 Å². The number of carboxylic acid groups (broad SMARTS) is 1. The van der Waals surface area contributed by atoms with Gasteiger partial charge in [-0.25, -0.2) is 9.59 Å². The van der Waals surface area contributed by atoms with Crippen LogP contribution in [0.25, 0.3) is 0 Å². The average molecular weight is 312 g/mol. The third-order valence-corrected chi connectivity index (χ3v) is 3.08. The fourth-order valence-corrected chi connectivity index (χ4v) is 1.67. The van der Waals surface area contributed by atoms with Crippen LogP contribution >= 0.6 is 0 Å². The number of esters is 1. The average Bonchev–Trinajstić information content (AvgIpc) is 2.49. The van der Waals surface area contributed by atoms with Gasteiger partial charge in [0.15, 0.2) is 0 Å². The van der Waals surface area contributed by atoms with Crippen molar-refractivity contribution in [3.8, 4) is 0 Å². The number of hydrogen-bond donors (Lipinski definition) is 1. The lowest BCUT2D eigenvalue weighted by atomic mass is 10.1. The Morgan fingerprint density at radius 2 is 1.73 bits per heavy atom. The molecule has 0 aliphatic carbocycles. The van der Waals surface area contributed by atoms with Crippen molar-refractivity contribution in [3.05, 3.63) is 24.8 Å². The minimum atomic E-state index is -0.860. The van der Waals surface area contributed by atoms with Crippen LogP contribution in [0.3, 0.4) is 0 Å². The zero-order valence-corrected chi connectivity index (χ0v) is 14.4. The summed E-state index contributed by atoms with van der Waals surface area (Å²) in [5, 5.41) is 8.44. The molecule has 0 amide bonds. The first-order valence-electron chi connectivity index (χ1n) is 8.13. The third-order valence-electron chi connectivity index (χ3n) is 3.08. The fraction of sp³-hybridized carbons (Fsp3) is 0.667. The van der Waals surface area contributed by atoms with Crippen molar-refractivity contribution in [2.75, 3.05) is 0 Å². The lowest BCUT2D eigenvalue weighted by Gasteiger charge is -2.10. The van der Waals surface area contributed by atoms with Gasteiger partial charge in [0.25, 0.3) is 0 Å². The van der Waals surface area contributed by atoms with E-state index in [-0.39, 0.29) is 12.1 Å². The molecule has 1 N–H and O–H groups in total. The Morgan fingerprint density at radius 3 is 2.18 bits per heavy atom. The zero-order chi connectivity index (χ0) is 17.4. The summed E-state index contributed by atoms with van der Waals surface area (Å²) in [4.78, 5) is 20.9. The van der Waals surface area contributed by atoms with Crippen molar-refractivity contribution >= 4 is 11.9 Å². The number of aliphatic carboxylic acids is 1. The Balaban J connectivity index is 0. The number of carbonyl (C=O) groups excluding carboxylic acids is 1. The summed E-state index contributed by atoms with van der Waals surface area (Å²) in [5.74, 6) is -1.19. The highest BCUT2D eigenvalue weighted by atomic mass is 16.5. The van der Waals surface area contributed by atoms with E-state index in [0.717, 1.165) is 32.1 Å². The Labute approximate surface area is 135 Å². The first kappa shape index (κ1) is 22.7. The van der Waals surface area contributed by atoms with Crippen LogP contribution in [0.5, 0.6) is 0 Å². The van der Waals surface area contributed by atoms with Gasteiger partial charge < -0.3 is 9.84 Å². The SMILES string of the molecule is C=C(CCCCCC)C(=O)O.C=CC(=O)OC(C)CCCC. The van der Waals surface area contributed by atoms with Crippen LogP contribution in [-0.4, -0.2) is 23.1 Å².